The summed E-state index contributed by atoms with van der Waals surface area (Å²) in [6.07, 6.45) is 0. The second-order valence-corrected chi connectivity index (χ2v) is 8.20. The van der Waals surface area contributed by atoms with E-state index in [-0.39, 0.29) is 0 Å². The van der Waals surface area contributed by atoms with Gasteiger partial charge in [-0.25, -0.2) is 0 Å². The third-order valence-corrected chi connectivity index (χ3v) is 1.69. The van der Waals surface area contributed by atoms with E-state index >= 15 is 0 Å². The van der Waals surface area contributed by atoms with Crippen molar-refractivity contribution >= 4 is 57.7 Å². The van der Waals surface area contributed by atoms with Crippen molar-refractivity contribution in [3.63, 3.8) is 0 Å². The van der Waals surface area contributed by atoms with E-state index in [9.17, 15) is 4.57 Å². The van der Waals surface area contributed by atoms with Crippen LogP contribution in [-0.4, -0.2) is 0 Å². The molecule has 0 amide bonds. The maximum absolute atomic E-state index is 10.3. The minimum Gasteiger partial charge on any atom is -0.261 e. The third-order valence-electron chi connectivity index (χ3n) is 0.212. The van der Waals surface area contributed by atoms with Gasteiger partial charge >= 0.3 is 6.00 Å². The molecule has 0 aliphatic heterocycles. The van der Waals surface area contributed by atoms with Gasteiger partial charge in [0.2, 0.25) is 6.78 Å². The molecule has 0 aromatic rings. The lowest BCUT2D eigenvalue weighted by Gasteiger charge is -1.88. The zero-order valence-electron chi connectivity index (χ0n) is 3.71. The largest absolute Gasteiger partial charge is 0.381 e. The van der Waals surface area contributed by atoms with Gasteiger partial charge in [-0.3, -0.25) is 4.57 Å². The lowest BCUT2D eigenvalue weighted by Crippen LogP contribution is -1.43. The quantitative estimate of drug-likeness (QED) is 0.514. The Hall–Kier alpha value is 1.42. The van der Waals surface area contributed by atoms with Crippen LogP contribution in [0.4, 0.5) is 0 Å². The van der Waals surface area contributed by atoms with Gasteiger partial charge in [-0.05, 0) is 45.0 Å². The van der Waals surface area contributed by atoms with Gasteiger partial charge in [-0.2, -0.15) is 0 Å². The molecule has 9 heteroatoms. The summed E-state index contributed by atoms with van der Waals surface area (Å²) in [5.41, 5.74) is 0. The lowest BCUT2D eigenvalue weighted by atomic mass is 13.2. The van der Waals surface area contributed by atoms with E-state index in [1.54, 1.807) is 0 Å². The molecule has 0 aliphatic carbocycles. The van der Waals surface area contributed by atoms with E-state index in [1.165, 1.54) is 0 Å². The molecule has 0 spiro atoms. The van der Waals surface area contributed by atoms with Crippen molar-refractivity contribution in [3.8, 4) is 0 Å². The Morgan fingerprint density at radius 1 is 1.33 bits per heavy atom. The molecule has 9 heavy (non-hydrogen) atoms. The van der Waals surface area contributed by atoms with Gasteiger partial charge in [0, 0.05) is 0 Å². The molecule has 0 atom stereocenters. The number of halogens is 4. The number of hydrogen-bond donors (Lipinski definition) is 0. The Kier molecular flexibility index (Phi) is 5.01. The van der Waals surface area contributed by atoms with E-state index in [0.717, 1.165) is 0 Å². The van der Waals surface area contributed by atoms with Crippen molar-refractivity contribution in [2.45, 2.75) is 0 Å². The predicted octanol–water partition coefficient (Wildman–Crippen LogP) is 4.73. The Morgan fingerprint density at radius 3 is 1.89 bits per heavy atom. The molecule has 0 aromatic heterocycles. The molecule has 0 N–H and O–H groups in total. The Morgan fingerprint density at radius 2 is 1.78 bits per heavy atom. The fourth-order valence-electron chi connectivity index (χ4n) is 0.0768. The van der Waals surface area contributed by atoms with Crippen LogP contribution in [0.25, 0.3) is 0 Å². The monoisotopic (exact) mass is 246 g/mol. The minimum absolute atomic E-state index is 1.60. The maximum atomic E-state index is 10.3. The van der Waals surface area contributed by atoms with E-state index in [4.69, 9.17) is 45.0 Å². The van der Waals surface area contributed by atoms with E-state index in [0.29, 0.717) is 0 Å². The maximum Gasteiger partial charge on any atom is 0.381 e. The smallest absolute Gasteiger partial charge is 0.261 e. The zero-order valence-corrected chi connectivity index (χ0v) is 8.52. The van der Waals surface area contributed by atoms with E-state index in [1.807, 2.05) is 0 Å². The summed E-state index contributed by atoms with van der Waals surface area (Å²) in [5.74, 6) is -3.47. The summed E-state index contributed by atoms with van der Waals surface area (Å²) in [4.78, 5) is 6.02. The molecule has 0 saturated carbocycles. The molecule has 3 nitrogen and oxygen atoms in total. The fourth-order valence-corrected chi connectivity index (χ4v) is 1.78. The highest BCUT2D eigenvalue weighted by Crippen LogP contribution is 2.61. The average Bonchev–Trinajstić information content (AvgIpc) is 1.59. The zero-order chi connectivity index (χ0) is 7.49. The molecular formula is Cl4N2OP2. The van der Waals surface area contributed by atoms with Gasteiger partial charge in [0.25, 0.3) is 0 Å². The van der Waals surface area contributed by atoms with Gasteiger partial charge < -0.3 is 0 Å². The Bertz CT molecular complexity index is 149. The molecule has 0 radical (unpaired) electrons. The first kappa shape index (κ1) is 10.4. The van der Waals surface area contributed by atoms with Gasteiger partial charge in [0.15, 0.2) is 0 Å². The van der Waals surface area contributed by atoms with Crippen LogP contribution in [0.3, 0.4) is 0 Å². The Labute approximate surface area is 72.1 Å². The molecule has 0 fully saturated rings. The highest BCUT2D eigenvalue weighted by atomic mass is 35.9. The van der Waals surface area contributed by atoms with Crippen LogP contribution >= 0.6 is 57.7 Å². The molecule has 0 aromatic carbocycles. The summed E-state index contributed by atoms with van der Waals surface area (Å²) in [6.45, 7) is -1.60. The van der Waals surface area contributed by atoms with Crippen molar-refractivity contribution in [2.75, 3.05) is 0 Å². The van der Waals surface area contributed by atoms with Crippen LogP contribution in [0.15, 0.2) is 9.77 Å². The van der Waals surface area contributed by atoms with Gasteiger partial charge in [0.05, 0.1) is 0 Å². The van der Waals surface area contributed by atoms with Gasteiger partial charge in [-0.15, -0.1) is 4.88 Å². The molecule has 0 bridgehead atoms. The van der Waals surface area contributed by atoms with Crippen LogP contribution in [0, 0.1) is 0 Å². The highest BCUT2D eigenvalue weighted by molar-refractivity contribution is 8.08. The number of nitrogens with zero attached hydrogens (tertiary/aromatic N) is 2. The first-order valence-corrected chi connectivity index (χ1v) is 8.03. The second-order valence-electron chi connectivity index (χ2n) is 0.829. The van der Waals surface area contributed by atoms with Crippen molar-refractivity contribution in [2.24, 2.45) is 9.77 Å². The van der Waals surface area contributed by atoms with E-state index in [2.05, 4.69) is 9.77 Å². The first-order chi connectivity index (χ1) is 3.92. The summed E-state index contributed by atoms with van der Waals surface area (Å²) in [5, 5.41) is 0. The third kappa shape index (κ3) is 9.42. The minimum atomic E-state index is -3.47. The topological polar surface area (TPSA) is 41.8 Å². The first-order valence-electron chi connectivity index (χ1n) is 1.46. The Balaban J connectivity index is 3.87. The number of hydrogen-bond acceptors (Lipinski definition) is 2. The fraction of sp³-hybridized carbons (Fsp3) is 0. The van der Waals surface area contributed by atoms with E-state index < -0.39 is 12.8 Å². The van der Waals surface area contributed by atoms with Crippen molar-refractivity contribution in [1.82, 2.24) is 0 Å². The van der Waals surface area contributed by atoms with Crippen molar-refractivity contribution < 1.29 is 4.57 Å². The van der Waals surface area contributed by atoms with Gasteiger partial charge in [-0.1, -0.05) is 4.88 Å². The number of rotatable bonds is 2. The molecule has 0 saturated heterocycles. The molecule has 0 rings (SSSR count). The van der Waals surface area contributed by atoms with Crippen LogP contribution in [0.1, 0.15) is 0 Å². The summed E-state index contributed by atoms with van der Waals surface area (Å²) in [7, 11) is 0. The predicted molar refractivity (Wildman–Crippen MR) is 42.8 cm³/mol. The van der Waals surface area contributed by atoms with Crippen molar-refractivity contribution in [3.05, 3.63) is 0 Å². The van der Waals surface area contributed by atoms with Gasteiger partial charge in [0.1, 0.15) is 0 Å². The molecule has 54 valence electrons. The van der Waals surface area contributed by atoms with Crippen LogP contribution in [0.2, 0.25) is 0 Å². The van der Waals surface area contributed by atoms with Crippen molar-refractivity contribution in [1.29, 1.82) is 0 Å². The normalized spacial score (nSPS) is 13.4. The summed E-state index contributed by atoms with van der Waals surface area (Å²) >= 11 is 20.1. The average molecular weight is 248 g/mol. The molecule has 0 aliphatic rings. The molecule has 0 heterocycles. The highest BCUT2D eigenvalue weighted by Gasteiger charge is 2.11. The molecule has 0 unspecified atom stereocenters. The van der Waals surface area contributed by atoms with Crippen LogP contribution in [-0.2, 0) is 4.57 Å². The summed E-state index contributed by atoms with van der Waals surface area (Å²) in [6, 6.07) is 0. The lowest BCUT2D eigenvalue weighted by molar-refractivity contribution is 0.592. The summed E-state index contributed by atoms with van der Waals surface area (Å²) < 4.78 is 10.3. The standard InChI is InChI=1S/Cl4N2OP2/c1-8(2)5-6-9(3,4)7. The SMILES string of the molecule is O=P(Cl)(Cl)N=NP(Cl)Cl. The van der Waals surface area contributed by atoms with Crippen LogP contribution in [0.5, 0.6) is 0 Å². The second kappa shape index (κ2) is 4.33. The van der Waals surface area contributed by atoms with Crippen LogP contribution < -0.4 is 0 Å². The molecular weight excluding hydrogens is 248 g/mol.